The highest BCUT2D eigenvalue weighted by atomic mass is 19.1. The fraction of sp³-hybridized carbons (Fsp3) is 0.100. The van der Waals surface area contributed by atoms with Gasteiger partial charge in [-0.05, 0) is 35.9 Å². The molecule has 0 spiro atoms. The standard InChI is InChI=1S/C20H15FN2O3/c1-25-14-7-8-15(19(9-14)26-2)18-10-16(17(11-22)20(24)23-18)12-3-5-13(21)6-4-12/h3-10H,1-2H3,(H,23,24). The zero-order chi connectivity index (χ0) is 18.7. The Hall–Kier alpha value is -3.59. The molecule has 5 nitrogen and oxygen atoms in total. The molecule has 0 radical (unpaired) electrons. The van der Waals surface area contributed by atoms with Crippen LogP contribution < -0.4 is 15.0 Å². The largest absolute Gasteiger partial charge is 0.497 e. The topological polar surface area (TPSA) is 75.1 Å². The van der Waals surface area contributed by atoms with Crippen molar-refractivity contribution >= 4 is 0 Å². The minimum absolute atomic E-state index is 0.0344. The Balaban J connectivity index is 2.24. The smallest absolute Gasteiger partial charge is 0.266 e. The molecular weight excluding hydrogens is 335 g/mol. The van der Waals surface area contributed by atoms with Crippen molar-refractivity contribution in [2.24, 2.45) is 0 Å². The monoisotopic (exact) mass is 350 g/mol. The first-order valence-electron chi connectivity index (χ1n) is 7.73. The van der Waals surface area contributed by atoms with E-state index in [1.54, 1.807) is 31.4 Å². The van der Waals surface area contributed by atoms with E-state index in [9.17, 15) is 14.4 Å². The summed E-state index contributed by atoms with van der Waals surface area (Å²) in [4.78, 5) is 15.1. The zero-order valence-corrected chi connectivity index (χ0v) is 14.2. The Bertz CT molecular complexity index is 1050. The van der Waals surface area contributed by atoms with E-state index in [-0.39, 0.29) is 5.56 Å². The highest BCUT2D eigenvalue weighted by Crippen LogP contribution is 2.34. The summed E-state index contributed by atoms with van der Waals surface area (Å²) < 4.78 is 23.8. The lowest BCUT2D eigenvalue weighted by atomic mass is 9.98. The van der Waals surface area contributed by atoms with Gasteiger partial charge in [-0.25, -0.2) is 4.39 Å². The second-order valence-corrected chi connectivity index (χ2v) is 5.49. The van der Waals surface area contributed by atoms with Crippen molar-refractivity contribution in [2.75, 3.05) is 14.2 Å². The van der Waals surface area contributed by atoms with Crippen LogP contribution in [0.4, 0.5) is 4.39 Å². The van der Waals surface area contributed by atoms with Gasteiger partial charge < -0.3 is 14.5 Å². The number of nitriles is 1. The number of pyridine rings is 1. The number of nitrogens with one attached hydrogen (secondary N) is 1. The molecule has 3 aromatic rings. The maximum atomic E-state index is 13.2. The van der Waals surface area contributed by atoms with Gasteiger partial charge in [-0.2, -0.15) is 5.26 Å². The van der Waals surface area contributed by atoms with Crippen LogP contribution >= 0.6 is 0 Å². The highest BCUT2D eigenvalue weighted by molar-refractivity contribution is 5.77. The van der Waals surface area contributed by atoms with Crippen molar-refractivity contribution in [2.45, 2.75) is 0 Å². The predicted molar refractivity (Wildman–Crippen MR) is 95.7 cm³/mol. The molecule has 0 saturated carbocycles. The SMILES string of the molecule is COc1ccc(-c2cc(-c3ccc(F)cc3)c(C#N)c(=O)[nH]2)c(OC)c1. The van der Waals surface area contributed by atoms with Crippen LogP contribution in [0.15, 0.2) is 53.3 Å². The summed E-state index contributed by atoms with van der Waals surface area (Å²) in [6, 6.07) is 14.4. The summed E-state index contributed by atoms with van der Waals surface area (Å²) >= 11 is 0. The maximum Gasteiger partial charge on any atom is 0.266 e. The van der Waals surface area contributed by atoms with Gasteiger partial charge in [0.1, 0.15) is 28.9 Å². The van der Waals surface area contributed by atoms with E-state index in [1.165, 1.54) is 31.4 Å². The fourth-order valence-electron chi connectivity index (χ4n) is 2.69. The Labute approximate surface area is 149 Å². The van der Waals surface area contributed by atoms with Crippen molar-refractivity contribution in [3.8, 4) is 40.0 Å². The van der Waals surface area contributed by atoms with E-state index in [4.69, 9.17) is 9.47 Å². The Morgan fingerprint density at radius 1 is 1.00 bits per heavy atom. The van der Waals surface area contributed by atoms with E-state index >= 15 is 0 Å². The number of halogens is 1. The summed E-state index contributed by atoms with van der Waals surface area (Å²) in [6.07, 6.45) is 0. The fourth-order valence-corrected chi connectivity index (χ4v) is 2.69. The summed E-state index contributed by atoms with van der Waals surface area (Å²) in [5.41, 5.74) is 1.55. The normalized spacial score (nSPS) is 10.2. The van der Waals surface area contributed by atoms with E-state index in [0.717, 1.165) is 0 Å². The van der Waals surface area contributed by atoms with Crippen molar-refractivity contribution in [1.82, 2.24) is 4.98 Å². The van der Waals surface area contributed by atoms with Crippen molar-refractivity contribution in [3.63, 3.8) is 0 Å². The van der Waals surface area contributed by atoms with Crippen LogP contribution in [-0.2, 0) is 0 Å². The summed E-state index contributed by atoms with van der Waals surface area (Å²) in [7, 11) is 3.06. The van der Waals surface area contributed by atoms with E-state index in [2.05, 4.69) is 4.98 Å². The molecule has 0 aliphatic heterocycles. The number of H-pyrrole nitrogens is 1. The van der Waals surface area contributed by atoms with Crippen LogP contribution in [0, 0.1) is 17.1 Å². The van der Waals surface area contributed by atoms with Gasteiger partial charge in [0.15, 0.2) is 0 Å². The van der Waals surface area contributed by atoms with E-state index in [1.807, 2.05) is 6.07 Å². The van der Waals surface area contributed by atoms with Gasteiger partial charge in [-0.3, -0.25) is 4.79 Å². The quantitative estimate of drug-likeness (QED) is 0.778. The Morgan fingerprint density at radius 3 is 2.35 bits per heavy atom. The van der Waals surface area contributed by atoms with Crippen LogP contribution in [0.5, 0.6) is 11.5 Å². The van der Waals surface area contributed by atoms with Crippen LogP contribution in [0.25, 0.3) is 22.4 Å². The third-order valence-electron chi connectivity index (χ3n) is 4.00. The van der Waals surface area contributed by atoms with Crippen LogP contribution in [-0.4, -0.2) is 19.2 Å². The van der Waals surface area contributed by atoms with Gasteiger partial charge in [-0.15, -0.1) is 0 Å². The van der Waals surface area contributed by atoms with E-state index < -0.39 is 11.4 Å². The average Bonchev–Trinajstić information content (AvgIpc) is 2.67. The Kier molecular flexibility index (Phi) is 4.72. The first-order chi connectivity index (χ1) is 12.6. The summed E-state index contributed by atoms with van der Waals surface area (Å²) in [6.45, 7) is 0. The van der Waals surface area contributed by atoms with Gasteiger partial charge in [0.2, 0.25) is 0 Å². The third-order valence-corrected chi connectivity index (χ3v) is 4.00. The number of rotatable bonds is 4. The second-order valence-electron chi connectivity index (χ2n) is 5.49. The lowest BCUT2D eigenvalue weighted by molar-refractivity contribution is 0.395. The molecule has 1 aromatic heterocycles. The number of hydrogen-bond donors (Lipinski definition) is 1. The number of benzene rings is 2. The van der Waals surface area contributed by atoms with Gasteiger partial charge in [-0.1, -0.05) is 12.1 Å². The van der Waals surface area contributed by atoms with Crippen LogP contribution in [0.2, 0.25) is 0 Å². The molecule has 3 rings (SSSR count). The van der Waals surface area contributed by atoms with Gasteiger partial charge in [0.25, 0.3) is 5.56 Å². The first kappa shape index (κ1) is 17.2. The summed E-state index contributed by atoms with van der Waals surface area (Å²) in [5.74, 6) is 0.726. The predicted octanol–water partition coefficient (Wildman–Crippen LogP) is 3.74. The van der Waals surface area contributed by atoms with Crippen LogP contribution in [0.1, 0.15) is 5.56 Å². The molecule has 0 aliphatic rings. The number of aromatic nitrogens is 1. The number of nitrogens with zero attached hydrogens (tertiary/aromatic N) is 1. The molecule has 1 heterocycles. The van der Waals surface area contributed by atoms with Crippen molar-refractivity contribution in [3.05, 3.63) is 70.3 Å². The molecule has 0 aliphatic carbocycles. The molecule has 1 N–H and O–H groups in total. The molecule has 0 saturated heterocycles. The minimum atomic E-state index is -0.526. The molecule has 2 aromatic carbocycles. The van der Waals surface area contributed by atoms with Crippen LogP contribution in [0.3, 0.4) is 0 Å². The molecule has 0 atom stereocenters. The highest BCUT2D eigenvalue weighted by Gasteiger charge is 2.15. The molecule has 0 bridgehead atoms. The number of methoxy groups -OCH3 is 2. The van der Waals surface area contributed by atoms with Crippen molar-refractivity contribution in [1.29, 1.82) is 5.26 Å². The maximum absolute atomic E-state index is 13.2. The molecule has 6 heteroatoms. The van der Waals surface area contributed by atoms with Gasteiger partial charge in [0.05, 0.1) is 19.9 Å². The van der Waals surface area contributed by atoms with Gasteiger partial charge >= 0.3 is 0 Å². The second kappa shape index (κ2) is 7.11. The van der Waals surface area contributed by atoms with Crippen molar-refractivity contribution < 1.29 is 13.9 Å². The molecule has 130 valence electrons. The Morgan fingerprint density at radius 2 is 1.73 bits per heavy atom. The number of aromatic amines is 1. The lowest BCUT2D eigenvalue weighted by Gasteiger charge is -2.12. The third kappa shape index (κ3) is 3.15. The molecular formula is C20H15FN2O3. The molecule has 0 fully saturated rings. The molecule has 0 unspecified atom stereocenters. The molecule has 26 heavy (non-hydrogen) atoms. The number of ether oxygens (including phenoxy) is 2. The zero-order valence-electron chi connectivity index (χ0n) is 14.2. The average molecular weight is 350 g/mol. The number of hydrogen-bond acceptors (Lipinski definition) is 4. The minimum Gasteiger partial charge on any atom is -0.497 e. The van der Waals surface area contributed by atoms with Gasteiger partial charge in [0, 0.05) is 17.2 Å². The molecule has 0 amide bonds. The summed E-state index contributed by atoms with van der Waals surface area (Å²) in [5, 5.41) is 9.36. The van der Waals surface area contributed by atoms with E-state index in [0.29, 0.717) is 33.9 Å². The lowest BCUT2D eigenvalue weighted by Crippen LogP contribution is -2.13. The first-order valence-corrected chi connectivity index (χ1v) is 7.73.